The first-order valence-electron chi connectivity index (χ1n) is 10.3. The summed E-state index contributed by atoms with van der Waals surface area (Å²) in [6.07, 6.45) is 3.62. The molecule has 164 valence electrons. The number of amides is 1. The summed E-state index contributed by atoms with van der Waals surface area (Å²) in [6.45, 7) is 1.17. The number of aryl methyl sites for hydroxylation is 1. The summed E-state index contributed by atoms with van der Waals surface area (Å²) in [4.78, 5) is 32.2. The fraction of sp³-hybridized carbons (Fsp3) is 0.409. The van der Waals surface area contributed by atoms with Crippen molar-refractivity contribution in [3.8, 4) is 5.75 Å². The standard InChI is InChI=1S/C22H26ClN5O3/c1-24-20-11-18-19(12-25-20)26(2)22(30)28(18)16-5-4-6-27(13-16)21(29)9-14-7-15(23)10-17(8-14)31-3/h7-8,10-12,16H,4-6,9,13H2,1-3H3,(H,24,25)/t16-/m0/s1. The fourth-order valence-electron chi connectivity index (χ4n) is 4.27. The Balaban J connectivity index is 1.59. The molecule has 1 aliphatic rings. The number of methoxy groups -OCH3 is 1. The van der Waals surface area contributed by atoms with Crippen LogP contribution in [0.1, 0.15) is 24.4 Å². The number of fused-ring (bicyclic) bond motifs is 1. The van der Waals surface area contributed by atoms with E-state index in [4.69, 9.17) is 16.3 Å². The van der Waals surface area contributed by atoms with Crippen LogP contribution in [0.2, 0.25) is 5.02 Å². The third-order valence-electron chi connectivity index (χ3n) is 5.87. The number of nitrogens with one attached hydrogen (secondary N) is 1. The first-order valence-corrected chi connectivity index (χ1v) is 10.6. The number of anilines is 1. The number of ether oxygens (including phenoxy) is 1. The van der Waals surface area contributed by atoms with Crippen LogP contribution in [-0.2, 0) is 18.3 Å². The van der Waals surface area contributed by atoms with Gasteiger partial charge in [0.2, 0.25) is 5.91 Å². The molecule has 0 unspecified atom stereocenters. The number of piperidine rings is 1. The van der Waals surface area contributed by atoms with Gasteiger partial charge in [0.1, 0.15) is 11.6 Å². The Hall–Kier alpha value is -3.00. The molecule has 3 aromatic rings. The molecular weight excluding hydrogens is 418 g/mol. The van der Waals surface area contributed by atoms with Crippen molar-refractivity contribution < 1.29 is 9.53 Å². The van der Waals surface area contributed by atoms with Gasteiger partial charge in [0.15, 0.2) is 0 Å². The fourth-order valence-corrected chi connectivity index (χ4v) is 4.51. The monoisotopic (exact) mass is 443 g/mol. The maximum absolute atomic E-state index is 13.0. The third kappa shape index (κ3) is 4.12. The van der Waals surface area contributed by atoms with Gasteiger partial charge in [-0.2, -0.15) is 0 Å². The van der Waals surface area contributed by atoms with E-state index in [1.165, 1.54) is 0 Å². The van der Waals surface area contributed by atoms with Gasteiger partial charge in [-0.15, -0.1) is 0 Å². The van der Waals surface area contributed by atoms with Crippen molar-refractivity contribution in [3.63, 3.8) is 0 Å². The molecule has 1 atom stereocenters. The summed E-state index contributed by atoms with van der Waals surface area (Å²) < 4.78 is 8.67. The molecule has 0 saturated carbocycles. The number of likely N-dealkylation sites (tertiary alicyclic amines) is 1. The van der Waals surface area contributed by atoms with Crippen LogP contribution in [0.15, 0.2) is 35.3 Å². The van der Waals surface area contributed by atoms with Crippen LogP contribution in [0.4, 0.5) is 5.82 Å². The van der Waals surface area contributed by atoms with Crippen LogP contribution in [-0.4, -0.2) is 52.2 Å². The second kappa shape index (κ2) is 8.63. The Morgan fingerprint density at radius 1 is 1.29 bits per heavy atom. The Kier molecular flexibility index (Phi) is 5.91. The topological polar surface area (TPSA) is 81.4 Å². The van der Waals surface area contributed by atoms with E-state index >= 15 is 0 Å². The Morgan fingerprint density at radius 3 is 2.84 bits per heavy atom. The van der Waals surface area contributed by atoms with E-state index in [0.717, 1.165) is 29.4 Å². The molecule has 1 aliphatic heterocycles. The number of hydrogen-bond donors (Lipinski definition) is 1. The van der Waals surface area contributed by atoms with Gasteiger partial charge in [-0.25, -0.2) is 9.78 Å². The van der Waals surface area contributed by atoms with Crippen LogP contribution in [0.5, 0.6) is 5.75 Å². The van der Waals surface area contributed by atoms with Crippen molar-refractivity contribution in [1.29, 1.82) is 0 Å². The Labute approximate surface area is 185 Å². The molecule has 9 heteroatoms. The van der Waals surface area contributed by atoms with E-state index in [1.807, 2.05) is 17.0 Å². The number of nitrogens with zero attached hydrogens (tertiary/aromatic N) is 4. The lowest BCUT2D eigenvalue weighted by Crippen LogP contribution is -2.43. The lowest BCUT2D eigenvalue weighted by molar-refractivity contribution is -0.132. The van der Waals surface area contributed by atoms with E-state index in [1.54, 1.807) is 48.7 Å². The van der Waals surface area contributed by atoms with E-state index in [0.29, 0.717) is 29.7 Å². The zero-order valence-corrected chi connectivity index (χ0v) is 18.6. The maximum Gasteiger partial charge on any atom is 0.329 e. The minimum Gasteiger partial charge on any atom is -0.497 e. The quantitative estimate of drug-likeness (QED) is 0.655. The molecule has 2 aromatic heterocycles. The number of aromatic nitrogens is 3. The van der Waals surface area contributed by atoms with Crippen molar-refractivity contribution in [2.24, 2.45) is 7.05 Å². The van der Waals surface area contributed by atoms with E-state index in [-0.39, 0.29) is 24.1 Å². The van der Waals surface area contributed by atoms with E-state index in [2.05, 4.69) is 10.3 Å². The molecule has 1 aromatic carbocycles. The summed E-state index contributed by atoms with van der Waals surface area (Å²) in [5.74, 6) is 1.34. The molecule has 1 amide bonds. The predicted molar refractivity (Wildman–Crippen MR) is 121 cm³/mol. The summed E-state index contributed by atoms with van der Waals surface area (Å²) in [6, 6.07) is 7.12. The number of hydrogen-bond acceptors (Lipinski definition) is 5. The third-order valence-corrected chi connectivity index (χ3v) is 6.09. The smallest absolute Gasteiger partial charge is 0.329 e. The normalized spacial score (nSPS) is 16.5. The number of halogens is 1. The number of rotatable bonds is 5. The molecule has 1 N–H and O–H groups in total. The summed E-state index contributed by atoms with van der Waals surface area (Å²) in [5, 5.41) is 3.56. The second-order valence-electron chi connectivity index (χ2n) is 7.83. The Morgan fingerprint density at radius 2 is 2.10 bits per heavy atom. The minimum absolute atomic E-state index is 0.0138. The van der Waals surface area contributed by atoms with Crippen LogP contribution in [0.25, 0.3) is 11.0 Å². The second-order valence-corrected chi connectivity index (χ2v) is 8.27. The van der Waals surface area contributed by atoms with Gasteiger partial charge < -0.3 is 15.0 Å². The molecule has 3 heterocycles. The van der Waals surface area contributed by atoms with E-state index < -0.39 is 0 Å². The van der Waals surface area contributed by atoms with Crippen molar-refractivity contribution in [2.75, 3.05) is 32.6 Å². The predicted octanol–water partition coefficient (Wildman–Crippen LogP) is 2.84. The molecule has 1 fully saturated rings. The number of pyridine rings is 1. The van der Waals surface area contributed by atoms with Crippen molar-refractivity contribution in [1.82, 2.24) is 19.0 Å². The summed E-state index contributed by atoms with van der Waals surface area (Å²) >= 11 is 6.15. The van der Waals surface area contributed by atoms with Gasteiger partial charge in [0, 0.05) is 38.3 Å². The number of carbonyl (C=O) groups excluding carboxylic acids is 1. The van der Waals surface area contributed by atoms with E-state index in [9.17, 15) is 9.59 Å². The molecule has 8 nitrogen and oxygen atoms in total. The first kappa shape index (κ1) is 21.2. The zero-order chi connectivity index (χ0) is 22.1. The molecule has 0 spiro atoms. The molecule has 0 radical (unpaired) electrons. The average Bonchev–Trinajstić information content (AvgIpc) is 3.02. The van der Waals surface area contributed by atoms with Gasteiger partial charge in [-0.3, -0.25) is 13.9 Å². The van der Waals surface area contributed by atoms with Crippen molar-refractivity contribution in [2.45, 2.75) is 25.3 Å². The highest BCUT2D eigenvalue weighted by atomic mass is 35.5. The molecule has 0 aliphatic carbocycles. The summed E-state index contributed by atoms with van der Waals surface area (Å²) in [7, 11) is 5.12. The van der Waals surface area contributed by atoms with Crippen LogP contribution < -0.4 is 15.7 Å². The highest BCUT2D eigenvalue weighted by molar-refractivity contribution is 6.30. The molecular formula is C22H26ClN5O3. The van der Waals surface area contributed by atoms with Crippen molar-refractivity contribution in [3.05, 3.63) is 51.5 Å². The number of imidazole rings is 1. The molecule has 1 saturated heterocycles. The summed E-state index contributed by atoms with van der Waals surface area (Å²) in [5.41, 5.74) is 2.32. The largest absolute Gasteiger partial charge is 0.497 e. The highest BCUT2D eigenvalue weighted by Crippen LogP contribution is 2.27. The van der Waals surface area contributed by atoms with Crippen molar-refractivity contribution >= 4 is 34.4 Å². The van der Waals surface area contributed by atoms with Gasteiger partial charge >= 0.3 is 5.69 Å². The minimum atomic E-state index is -0.0936. The molecule has 0 bridgehead atoms. The van der Waals surface area contributed by atoms with Gasteiger partial charge in [-0.1, -0.05) is 11.6 Å². The molecule has 31 heavy (non-hydrogen) atoms. The highest BCUT2D eigenvalue weighted by Gasteiger charge is 2.28. The first-order chi connectivity index (χ1) is 14.9. The van der Waals surface area contributed by atoms with Gasteiger partial charge in [0.05, 0.1) is 36.8 Å². The zero-order valence-electron chi connectivity index (χ0n) is 17.9. The maximum atomic E-state index is 13.0. The van der Waals surface area contributed by atoms with Crippen LogP contribution in [0, 0.1) is 0 Å². The number of carbonyl (C=O) groups is 1. The van der Waals surface area contributed by atoms with Gasteiger partial charge in [0.25, 0.3) is 0 Å². The lowest BCUT2D eigenvalue weighted by atomic mass is 10.0. The average molecular weight is 444 g/mol. The SMILES string of the molecule is CNc1cc2c(cn1)n(C)c(=O)n2[C@H]1CCCN(C(=O)Cc2cc(Cl)cc(OC)c2)C1. The van der Waals surface area contributed by atoms with Crippen LogP contribution in [0.3, 0.4) is 0 Å². The number of benzene rings is 1. The Bertz CT molecular complexity index is 1190. The lowest BCUT2D eigenvalue weighted by Gasteiger charge is -2.33. The van der Waals surface area contributed by atoms with Gasteiger partial charge in [-0.05, 0) is 36.6 Å². The molecule has 4 rings (SSSR count). The van der Waals surface area contributed by atoms with Crippen LogP contribution >= 0.6 is 11.6 Å².